The molecule has 0 bridgehead atoms. The number of nitrogens with zero attached hydrogens (tertiary/aromatic N) is 2. The first-order valence-corrected chi connectivity index (χ1v) is 7.02. The van der Waals surface area contributed by atoms with Crippen molar-refractivity contribution in [2.75, 3.05) is 5.32 Å². The summed E-state index contributed by atoms with van der Waals surface area (Å²) in [5.74, 6) is 0.897. The van der Waals surface area contributed by atoms with Gasteiger partial charge in [0.2, 0.25) is 0 Å². The number of pyridine rings is 1. The largest absolute Gasteiger partial charge is 0.364 e. The number of nitrogens with one attached hydrogen (secondary N) is 2. The van der Waals surface area contributed by atoms with E-state index in [1.807, 2.05) is 31.6 Å². The molecule has 0 amide bonds. The van der Waals surface area contributed by atoms with Crippen molar-refractivity contribution in [3.8, 4) is 0 Å². The van der Waals surface area contributed by atoms with Gasteiger partial charge < -0.3 is 14.9 Å². The first-order valence-electron chi connectivity index (χ1n) is 7.02. The van der Waals surface area contributed by atoms with E-state index in [9.17, 15) is 0 Å². The van der Waals surface area contributed by atoms with Crippen LogP contribution in [-0.2, 0) is 13.6 Å². The number of hydrogen-bond donors (Lipinski definition) is 2. The summed E-state index contributed by atoms with van der Waals surface area (Å²) in [6.07, 6.45) is 3.94. The number of benzene rings is 1. The molecule has 0 saturated heterocycles. The Labute approximate surface area is 122 Å². The molecule has 104 valence electrons. The number of aromatic amines is 1. The molecule has 4 rings (SSSR count). The van der Waals surface area contributed by atoms with Gasteiger partial charge in [-0.3, -0.25) is 0 Å². The van der Waals surface area contributed by atoms with Crippen LogP contribution in [0, 0.1) is 0 Å². The van der Waals surface area contributed by atoms with Gasteiger partial charge in [0.15, 0.2) is 0 Å². The highest BCUT2D eigenvalue weighted by molar-refractivity contribution is 6.07. The van der Waals surface area contributed by atoms with Crippen LogP contribution in [-0.4, -0.2) is 14.5 Å². The van der Waals surface area contributed by atoms with E-state index in [-0.39, 0.29) is 0 Å². The summed E-state index contributed by atoms with van der Waals surface area (Å²) in [4.78, 5) is 7.87. The molecule has 21 heavy (non-hydrogen) atoms. The molecule has 0 fully saturated rings. The summed E-state index contributed by atoms with van der Waals surface area (Å²) >= 11 is 0. The van der Waals surface area contributed by atoms with Crippen molar-refractivity contribution >= 4 is 27.6 Å². The molecular weight excluding hydrogens is 260 g/mol. The number of H-pyrrole nitrogens is 1. The topological polar surface area (TPSA) is 45.6 Å². The smallest absolute Gasteiger partial charge is 0.126 e. The first kappa shape index (κ1) is 12.0. The minimum absolute atomic E-state index is 0.768. The maximum absolute atomic E-state index is 4.48. The Morgan fingerprint density at radius 1 is 1.10 bits per heavy atom. The monoisotopic (exact) mass is 276 g/mol. The molecule has 4 aromatic rings. The van der Waals surface area contributed by atoms with Crippen molar-refractivity contribution in [2.45, 2.75) is 6.54 Å². The van der Waals surface area contributed by atoms with E-state index in [4.69, 9.17) is 0 Å². The number of para-hydroxylation sites is 1. The maximum atomic E-state index is 4.48. The van der Waals surface area contributed by atoms with Gasteiger partial charge in [-0.1, -0.05) is 18.2 Å². The molecule has 4 heteroatoms. The van der Waals surface area contributed by atoms with Gasteiger partial charge in [-0.15, -0.1) is 0 Å². The summed E-state index contributed by atoms with van der Waals surface area (Å²) in [5.41, 5.74) is 3.45. The molecule has 3 heterocycles. The van der Waals surface area contributed by atoms with Gasteiger partial charge in [-0.05, 0) is 24.3 Å². The van der Waals surface area contributed by atoms with Crippen LogP contribution in [0.15, 0.2) is 54.9 Å². The second kappa shape index (κ2) is 4.66. The van der Waals surface area contributed by atoms with Gasteiger partial charge in [0, 0.05) is 35.2 Å². The minimum atomic E-state index is 0.768. The Balaban J connectivity index is 1.69. The molecule has 1 aromatic carbocycles. The van der Waals surface area contributed by atoms with Gasteiger partial charge in [-0.2, -0.15) is 0 Å². The van der Waals surface area contributed by atoms with E-state index >= 15 is 0 Å². The second-order valence-corrected chi connectivity index (χ2v) is 5.25. The molecule has 0 aliphatic rings. The predicted octanol–water partition coefficient (Wildman–Crippen LogP) is 3.67. The zero-order chi connectivity index (χ0) is 14.2. The molecule has 0 unspecified atom stereocenters. The van der Waals surface area contributed by atoms with Crippen LogP contribution in [0.2, 0.25) is 0 Å². The Morgan fingerprint density at radius 3 is 2.86 bits per heavy atom. The van der Waals surface area contributed by atoms with E-state index < -0.39 is 0 Å². The molecule has 0 aliphatic heterocycles. The third-order valence-corrected chi connectivity index (χ3v) is 3.89. The number of anilines is 1. The van der Waals surface area contributed by atoms with Crippen LogP contribution in [0.5, 0.6) is 0 Å². The van der Waals surface area contributed by atoms with E-state index in [0.29, 0.717) is 0 Å². The van der Waals surface area contributed by atoms with E-state index in [0.717, 1.165) is 23.4 Å². The van der Waals surface area contributed by atoms with Crippen LogP contribution >= 0.6 is 0 Å². The van der Waals surface area contributed by atoms with Gasteiger partial charge in [0.05, 0.1) is 18.3 Å². The molecule has 0 atom stereocenters. The van der Waals surface area contributed by atoms with Crippen molar-refractivity contribution in [3.05, 3.63) is 60.6 Å². The van der Waals surface area contributed by atoms with Crippen molar-refractivity contribution in [1.29, 1.82) is 0 Å². The third kappa shape index (κ3) is 2.05. The molecule has 0 aliphatic carbocycles. The highest BCUT2D eigenvalue weighted by Crippen LogP contribution is 2.26. The number of rotatable bonds is 3. The average molecular weight is 276 g/mol. The van der Waals surface area contributed by atoms with Gasteiger partial charge in [0.25, 0.3) is 0 Å². The zero-order valence-electron chi connectivity index (χ0n) is 11.8. The SMILES string of the molecule is Cn1cccc1CNc1cc2c(cn1)[nH]c1ccccc12. The second-order valence-electron chi connectivity index (χ2n) is 5.25. The van der Waals surface area contributed by atoms with Gasteiger partial charge in [-0.25, -0.2) is 4.98 Å². The molecule has 0 saturated carbocycles. The highest BCUT2D eigenvalue weighted by atomic mass is 15.0. The molecular formula is C17H16N4. The lowest BCUT2D eigenvalue weighted by Gasteiger charge is -2.06. The molecule has 3 aromatic heterocycles. The van der Waals surface area contributed by atoms with Crippen molar-refractivity contribution < 1.29 is 0 Å². The Hall–Kier alpha value is -2.75. The average Bonchev–Trinajstić information content (AvgIpc) is 3.08. The quantitative estimate of drug-likeness (QED) is 0.599. The fourth-order valence-electron chi connectivity index (χ4n) is 2.71. The lowest BCUT2D eigenvalue weighted by molar-refractivity contribution is 0.840. The van der Waals surface area contributed by atoms with Gasteiger partial charge in [0.1, 0.15) is 5.82 Å². The van der Waals surface area contributed by atoms with Crippen LogP contribution in [0.3, 0.4) is 0 Å². The molecule has 4 nitrogen and oxygen atoms in total. The molecule has 0 radical (unpaired) electrons. The normalized spacial score (nSPS) is 11.3. The predicted molar refractivity (Wildman–Crippen MR) is 86.3 cm³/mol. The Morgan fingerprint density at radius 2 is 2.00 bits per heavy atom. The Bertz CT molecular complexity index is 917. The van der Waals surface area contributed by atoms with Crippen LogP contribution < -0.4 is 5.32 Å². The van der Waals surface area contributed by atoms with Crippen LogP contribution in [0.25, 0.3) is 21.8 Å². The van der Waals surface area contributed by atoms with Crippen molar-refractivity contribution in [2.24, 2.45) is 7.05 Å². The lowest BCUT2D eigenvalue weighted by atomic mass is 10.2. The zero-order valence-corrected chi connectivity index (χ0v) is 11.8. The lowest BCUT2D eigenvalue weighted by Crippen LogP contribution is -2.04. The number of aryl methyl sites for hydroxylation is 1. The standard InChI is InChI=1S/C17H16N4/c1-21-8-4-5-12(21)10-18-17-9-14-13-6-2-3-7-15(13)20-16(14)11-19-17/h2-9,11,20H,10H2,1H3,(H,18,19). The molecule has 2 N–H and O–H groups in total. The first-order chi connectivity index (χ1) is 10.3. The maximum Gasteiger partial charge on any atom is 0.126 e. The minimum Gasteiger partial charge on any atom is -0.364 e. The Kier molecular flexibility index (Phi) is 2.67. The summed E-state index contributed by atoms with van der Waals surface area (Å²) in [7, 11) is 2.05. The van der Waals surface area contributed by atoms with Crippen molar-refractivity contribution in [3.63, 3.8) is 0 Å². The number of aromatic nitrogens is 3. The fourth-order valence-corrected chi connectivity index (χ4v) is 2.71. The summed E-state index contributed by atoms with van der Waals surface area (Å²) < 4.78 is 2.11. The molecule has 0 spiro atoms. The van der Waals surface area contributed by atoms with Crippen LogP contribution in [0.1, 0.15) is 5.69 Å². The van der Waals surface area contributed by atoms with Crippen LogP contribution in [0.4, 0.5) is 5.82 Å². The summed E-state index contributed by atoms with van der Waals surface area (Å²) in [6.45, 7) is 0.768. The van der Waals surface area contributed by atoms with E-state index in [1.54, 1.807) is 0 Å². The fraction of sp³-hybridized carbons (Fsp3) is 0.118. The number of hydrogen-bond acceptors (Lipinski definition) is 2. The summed E-state index contributed by atoms with van der Waals surface area (Å²) in [5, 5.41) is 5.83. The summed E-state index contributed by atoms with van der Waals surface area (Å²) in [6, 6.07) is 14.6. The van der Waals surface area contributed by atoms with E-state index in [1.165, 1.54) is 16.5 Å². The van der Waals surface area contributed by atoms with Crippen molar-refractivity contribution in [1.82, 2.24) is 14.5 Å². The third-order valence-electron chi connectivity index (χ3n) is 3.89. The van der Waals surface area contributed by atoms with E-state index in [2.05, 4.69) is 50.2 Å². The number of fused-ring (bicyclic) bond motifs is 3. The highest BCUT2D eigenvalue weighted by Gasteiger charge is 2.05. The van der Waals surface area contributed by atoms with Gasteiger partial charge >= 0.3 is 0 Å².